The Balaban J connectivity index is 1.51. The largest absolute Gasteiger partial charge is 0.319 e. The topological polar surface area (TPSA) is 77.1 Å². The van der Waals surface area contributed by atoms with Crippen molar-refractivity contribution in [2.75, 3.05) is 5.32 Å². The number of amides is 1. The summed E-state index contributed by atoms with van der Waals surface area (Å²) in [6.07, 6.45) is -1.66. The van der Waals surface area contributed by atoms with Crippen LogP contribution >= 0.6 is 0 Å². The molecule has 0 aliphatic rings. The Hall–Kier alpha value is -4.47. The second-order valence-electron chi connectivity index (χ2n) is 8.75. The summed E-state index contributed by atoms with van der Waals surface area (Å²) >= 11 is 0. The van der Waals surface area contributed by atoms with Crippen LogP contribution in [0.5, 0.6) is 0 Å². The van der Waals surface area contributed by atoms with Gasteiger partial charge in [0, 0.05) is 5.56 Å². The third-order valence-corrected chi connectivity index (χ3v) is 6.31. The molecule has 37 heavy (non-hydrogen) atoms. The van der Waals surface area contributed by atoms with Crippen molar-refractivity contribution in [2.24, 2.45) is 0 Å². The van der Waals surface area contributed by atoms with E-state index < -0.39 is 23.8 Å². The van der Waals surface area contributed by atoms with E-state index in [4.69, 9.17) is 0 Å². The summed E-state index contributed by atoms with van der Waals surface area (Å²) in [5.41, 5.74) is 4.30. The van der Waals surface area contributed by atoms with Gasteiger partial charge in [0.2, 0.25) is 0 Å². The fourth-order valence-corrected chi connectivity index (χ4v) is 4.23. The highest BCUT2D eigenvalue weighted by Crippen LogP contribution is 2.28. The molecule has 3 heterocycles. The van der Waals surface area contributed by atoms with Gasteiger partial charge < -0.3 is 5.32 Å². The highest BCUT2D eigenvalue weighted by molar-refractivity contribution is 6.08. The van der Waals surface area contributed by atoms with E-state index in [1.807, 2.05) is 42.8 Å². The molecule has 0 fully saturated rings. The van der Waals surface area contributed by atoms with Crippen LogP contribution in [0.4, 0.5) is 18.9 Å². The molecule has 0 aliphatic heterocycles. The zero-order chi connectivity index (χ0) is 26.3. The van der Waals surface area contributed by atoms with Crippen molar-refractivity contribution in [3.8, 4) is 11.3 Å². The van der Waals surface area contributed by atoms with Gasteiger partial charge in [-0.25, -0.2) is 22.7 Å². The summed E-state index contributed by atoms with van der Waals surface area (Å²) in [6.45, 7) is 6.19. The smallest absolute Gasteiger partial charge is 0.280 e. The van der Waals surface area contributed by atoms with Gasteiger partial charge in [-0.3, -0.25) is 9.48 Å². The summed E-state index contributed by atoms with van der Waals surface area (Å²) in [4.78, 5) is 17.7. The van der Waals surface area contributed by atoms with E-state index >= 15 is 0 Å². The quantitative estimate of drug-likeness (QED) is 0.313. The number of nitrogens with one attached hydrogen (secondary N) is 1. The van der Waals surface area contributed by atoms with Crippen molar-refractivity contribution in [3.05, 3.63) is 100 Å². The SMILES string of the molecule is Cc1ccccc1Cn1nc(C)c(NC(=O)c2cnn3c(C(F)F)cc(-c4ccc(F)cc4)nc23)c1C. The third-order valence-electron chi connectivity index (χ3n) is 6.31. The number of aryl methyl sites for hydroxylation is 2. The normalized spacial score (nSPS) is 11.4. The molecule has 0 saturated carbocycles. The molecular weight excluding hydrogens is 481 g/mol. The molecule has 0 saturated heterocycles. The number of benzene rings is 2. The Labute approximate surface area is 210 Å². The molecule has 5 rings (SSSR count). The average Bonchev–Trinajstić information content (AvgIpc) is 3.41. The van der Waals surface area contributed by atoms with Gasteiger partial charge in [0.25, 0.3) is 12.3 Å². The van der Waals surface area contributed by atoms with Crippen molar-refractivity contribution < 1.29 is 18.0 Å². The predicted octanol–water partition coefficient (Wildman–Crippen LogP) is 5.90. The number of rotatable bonds is 6. The van der Waals surface area contributed by atoms with Gasteiger partial charge in [0.15, 0.2) is 5.65 Å². The van der Waals surface area contributed by atoms with Gasteiger partial charge in [-0.05, 0) is 62.2 Å². The molecule has 0 bridgehead atoms. The molecule has 0 unspecified atom stereocenters. The Bertz CT molecular complexity index is 1620. The number of carbonyl (C=O) groups is 1. The minimum atomic E-state index is -2.87. The van der Waals surface area contributed by atoms with E-state index in [1.54, 1.807) is 6.92 Å². The fourth-order valence-electron chi connectivity index (χ4n) is 4.23. The summed E-state index contributed by atoms with van der Waals surface area (Å²) in [5, 5.41) is 11.4. The highest BCUT2D eigenvalue weighted by Gasteiger charge is 2.23. The lowest BCUT2D eigenvalue weighted by Gasteiger charge is -2.10. The number of alkyl halides is 2. The monoisotopic (exact) mass is 504 g/mol. The summed E-state index contributed by atoms with van der Waals surface area (Å²) in [5.74, 6) is -1.02. The number of nitrogens with zero attached hydrogens (tertiary/aromatic N) is 5. The van der Waals surface area contributed by atoms with Crippen LogP contribution in [0.1, 0.15) is 45.0 Å². The first-order valence-corrected chi connectivity index (χ1v) is 11.6. The lowest BCUT2D eigenvalue weighted by atomic mass is 10.1. The van der Waals surface area contributed by atoms with Crippen LogP contribution in [0.3, 0.4) is 0 Å². The average molecular weight is 505 g/mol. The Morgan fingerprint density at radius 1 is 1.05 bits per heavy atom. The van der Waals surface area contributed by atoms with E-state index in [-0.39, 0.29) is 16.9 Å². The van der Waals surface area contributed by atoms with E-state index in [0.29, 0.717) is 23.5 Å². The zero-order valence-corrected chi connectivity index (χ0v) is 20.3. The van der Waals surface area contributed by atoms with Gasteiger partial charge in [0.05, 0.1) is 35.5 Å². The molecule has 2 aromatic carbocycles. The fraction of sp³-hybridized carbons (Fsp3) is 0.185. The van der Waals surface area contributed by atoms with Gasteiger partial charge in [-0.1, -0.05) is 24.3 Å². The standard InChI is InChI=1S/C27H23F3N6O/c1-15-6-4-5-7-19(15)14-35-17(3)24(16(2)34-35)33-27(37)21-13-31-36-23(25(29)30)12-22(32-26(21)36)18-8-10-20(28)11-9-18/h4-13,25H,14H2,1-3H3,(H,33,37). The first kappa shape index (κ1) is 24.2. The molecule has 0 atom stereocenters. The number of hydrogen-bond acceptors (Lipinski definition) is 4. The van der Waals surface area contributed by atoms with Crippen LogP contribution in [0.15, 0.2) is 60.8 Å². The molecule has 7 nitrogen and oxygen atoms in total. The van der Waals surface area contributed by atoms with Gasteiger partial charge in [-0.2, -0.15) is 10.2 Å². The van der Waals surface area contributed by atoms with Crippen LogP contribution in [0.2, 0.25) is 0 Å². The first-order chi connectivity index (χ1) is 17.7. The Morgan fingerprint density at radius 3 is 2.49 bits per heavy atom. The zero-order valence-electron chi connectivity index (χ0n) is 20.3. The molecule has 0 radical (unpaired) electrons. The number of aromatic nitrogens is 5. The number of carbonyl (C=O) groups excluding carboxylic acids is 1. The summed E-state index contributed by atoms with van der Waals surface area (Å²) in [7, 11) is 0. The number of anilines is 1. The minimum Gasteiger partial charge on any atom is -0.319 e. The maximum absolute atomic E-state index is 13.9. The molecule has 3 aromatic heterocycles. The Kier molecular flexibility index (Phi) is 6.24. The molecule has 1 amide bonds. The lowest BCUT2D eigenvalue weighted by Crippen LogP contribution is -2.14. The molecule has 5 aromatic rings. The molecule has 10 heteroatoms. The molecule has 0 spiro atoms. The van der Waals surface area contributed by atoms with Gasteiger partial charge in [0.1, 0.15) is 17.1 Å². The second kappa shape index (κ2) is 9.53. The maximum Gasteiger partial charge on any atom is 0.280 e. The van der Waals surface area contributed by atoms with Crippen molar-refractivity contribution in [2.45, 2.75) is 33.7 Å². The first-order valence-electron chi connectivity index (χ1n) is 11.6. The van der Waals surface area contributed by atoms with Crippen LogP contribution in [-0.4, -0.2) is 30.3 Å². The molecule has 188 valence electrons. The van der Waals surface area contributed by atoms with Crippen molar-refractivity contribution in [1.29, 1.82) is 0 Å². The number of halogens is 3. The van der Waals surface area contributed by atoms with Crippen LogP contribution < -0.4 is 5.32 Å². The number of hydrogen-bond donors (Lipinski definition) is 1. The van der Waals surface area contributed by atoms with Gasteiger partial charge >= 0.3 is 0 Å². The molecule has 1 N–H and O–H groups in total. The van der Waals surface area contributed by atoms with Crippen molar-refractivity contribution >= 4 is 17.2 Å². The summed E-state index contributed by atoms with van der Waals surface area (Å²) in [6, 6.07) is 14.5. The maximum atomic E-state index is 13.9. The van der Waals surface area contributed by atoms with Crippen molar-refractivity contribution in [3.63, 3.8) is 0 Å². The second-order valence-corrected chi connectivity index (χ2v) is 8.75. The van der Waals surface area contributed by atoms with Crippen LogP contribution in [0.25, 0.3) is 16.9 Å². The van der Waals surface area contributed by atoms with Crippen molar-refractivity contribution in [1.82, 2.24) is 24.4 Å². The lowest BCUT2D eigenvalue weighted by molar-refractivity contribution is 0.102. The van der Waals surface area contributed by atoms with Crippen LogP contribution in [0, 0.1) is 26.6 Å². The van der Waals surface area contributed by atoms with E-state index in [9.17, 15) is 18.0 Å². The highest BCUT2D eigenvalue weighted by atomic mass is 19.3. The van der Waals surface area contributed by atoms with Crippen LogP contribution in [-0.2, 0) is 6.54 Å². The molecular formula is C27H23F3N6O. The van der Waals surface area contributed by atoms with Gasteiger partial charge in [-0.15, -0.1) is 0 Å². The summed E-state index contributed by atoms with van der Waals surface area (Å²) < 4.78 is 43.9. The van der Waals surface area contributed by atoms with E-state index in [2.05, 4.69) is 20.5 Å². The Morgan fingerprint density at radius 2 is 1.78 bits per heavy atom. The van der Waals surface area contributed by atoms with E-state index in [1.165, 1.54) is 36.5 Å². The third kappa shape index (κ3) is 4.57. The number of fused-ring (bicyclic) bond motifs is 1. The molecule has 0 aliphatic carbocycles. The predicted molar refractivity (Wildman–Crippen MR) is 133 cm³/mol. The minimum absolute atomic E-state index is 0.0244. The van der Waals surface area contributed by atoms with E-state index in [0.717, 1.165) is 21.3 Å².